The van der Waals surface area contributed by atoms with Crippen LogP contribution in [-0.2, 0) is 14.8 Å². The maximum Gasteiger partial charge on any atom is 0.236 e. The number of halogens is 1. The lowest BCUT2D eigenvalue weighted by Gasteiger charge is -2.01. The first-order chi connectivity index (χ1) is 5.88. The summed E-state index contributed by atoms with van der Waals surface area (Å²) in [5, 5.41) is 0. The molecule has 1 aromatic rings. The molecule has 6 heteroatoms. The predicted molar refractivity (Wildman–Crippen MR) is 50.0 cm³/mol. The molecule has 0 amide bonds. The van der Waals surface area contributed by atoms with Crippen LogP contribution in [0.3, 0.4) is 0 Å². The minimum absolute atomic E-state index is 0.222. The highest BCUT2D eigenvalue weighted by molar-refractivity contribution is 8.13. The maximum absolute atomic E-state index is 10.7. The van der Waals surface area contributed by atoms with E-state index in [1.54, 1.807) is 13.8 Å². The Labute approximate surface area is 81.4 Å². The molecule has 0 aliphatic rings. The van der Waals surface area contributed by atoms with Crippen molar-refractivity contribution in [2.75, 3.05) is 0 Å². The third-order valence-electron chi connectivity index (χ3n) is 1.53. The van der Waals surface area contributed by atoms with Gasteiger partial charge in [0.1, 0.15) is 5.82 Å². The number of rotatable bonds is 2. The molecule has 13 heavy (non-hydrogen) atoms. The molecule has 0 fully saturated rings. The van der Waals surface area contributed by atoms with Gasteiger partial charge in [-0.05, 0) is 13.8 Å². The third-order valence-corrected chi connectivity index (χ3v) is 2.51. The van der Waals surface area contributed by atoms with E-state index in [0.717, 1.165) is 0 Å². The van der Waals surface area contributed by atoms with E-state index in [0.29, 0.717) is 17.1 Å². The summed E-state index contributed by atoms with van der Waals surface area (Å²) in [6, 6.07) is 0. The van der Waals surface area contributed by atoms with Gasteiger partial charge in [-0.1, -0.05) is 0 Å². The van der Waals surface area contributed by atoms with Crippen LogP contribution in [0.15, 0.2) is 6.20 Å². The smallest absolute Gasteiger partial charge is 0.236 e. The van der Waals surface area contributed by atoms with Crippen LogP contribution in [-0.4, -0.2) is 18.4 Å². The molecule has 0 radical (unpaired) electrons. The third kappa shape index (κ3) is 3.28. The molecule has 0 unspecified atom stereocenters. The van der Waals surface area contributed by atoms with Crippen molar-refractivity contribution >= 4 is 19.7 Å². The average molecular weight is 221 g/mol. The minimum Gasteiger partial charge on any atom is -0.241 e. The number of hydrogen-bond acceptors (Lipinski definition) is 4. The van der Waals surface area contributed by atoms with E-state index in [1.807, 2.05) is 0 Å². The molecule has 1 heterocycles. The van der Waals surface area contributed by atoms with Crippen molar-refractivity contribution in [2.24, 2.45) is 0 Å². The van der Waals surface area contributed by atoms with E-state index in [2.05, 4.69) is 9.97 Å². The van der Waals surface area contributed by atoms with E-state index >= 15 is 0 Å². The van der Waals surface area contributed by atoms with Gasteiger partial charge in [0, 0.05) is 28.1 Å². The van der Waals surface area contributed by atoms with E-state index < -0.39 is 9.05 Å². The van der Waals surface area contributed by atoms with Crippen molar-refractivity contribution in [3.05, 3.63) is 23.3 Å². The van der Waals surface area contributed by atoms with Crippen LogP contribution in [0.1, 0.15) is 17.1 Å². The van der Waals surface area contributed by atoms with Gasteiger partial charge >= 0.3 is 0 Å². The van der Waals surface area contributed by atoms with Crippen molar-refractivity contribution < 1.29 is 8.42 Å². The Hall–Kier alpha value is -0.680. The summed E-state index contributed by atoms with van der Waals surface area (Å²) >= 11 is 0. The number of aromatic nitrogens is 2. The summed E-state index contributed by atoms with van der Waals surface area (Å²) in [6.07, 6.45) is 1.48. The molecule has 4 nitrogen and oxygen atoms in total. The summed E-state index contributed by atoms with van der Waals surface area (Å²) in [7, 11) is 1.58. The largest absolute Gasteiger partial charge is 0.241 e. The Kier molecular flexibility index (Phi) is 2.87. The highest BCUT2D eigenvalue weighted by Crippen LogP contribution is 2.11. The van der Waals surface area contributed by atoms with Crippen LogP contribution < -0.4 is 0 Å². The topological polar surface area (TPSA) is 59.9 Å². The molecule has 72 valence electrons. The standard InChI is InChI=1S/C7H9ClN2O2S/c1-5-7(4-13(8,11)12)3-9-6(2)10-5/h3H,4H2,1-2H3. The molecule has 0 aromatic carbocycles. The zero-order valence-corrected chi connectivity index (χ0v) is 8.85. The molecule has 0 atom stereocenters. The van der Waals surface area contributed by atoms with Gasteiger partial charge in [-0.15, -0.1) is 0 Å². The second-order valence-corrected chi connectivity index (χ2v) is 5.49. The maximum atomic E-state index is 10.7. The Morgan fingerprint density at radius 2 is 2.08 bits per heavy atom. The predicted octanol–water partition coefficient (Wildman–Crippen LogP) is 1.16. The average Bonchev–Trinajstić information content (AvgIpc) is 1.93. The van der Waals surface area contributed by atoms with Gasteiger partial charge in [0.05, 0.1) is 5.75 Å². The lowest BCUT2D eigenvalue weighted by Crippen LogP contribution is -2.02. The second-order valence-electron chi connectivity index (χ2n) is 2.71. The number of aryl methyl sites for hydroxylation is 2. The van der Waals surface area contributed by atoms with Gasteiger partial charge in [0.2, 0.25) is 9.05 Å². The molecule has 0 spiro atoms. The Bertz CT molecular complexity index is 417. The Morgan fingerprint density at radius 3 is 2.54 bits per heavy atom. The molecular weight excluding hydrogens is 212 g/mol. The van der Waals surface area contributed by atoms with Crippen molar-refractivity contribution in [1.82, 2.24) is 9.97 Å². The van der Waals surface area contributed by atoms with Crippen LogP contribution in [0.5, 0.6) is 0 Å². The molecule has 0 bridgehead atoms. The first-order valence-corrected chi connectivity index (χ1v) is 6.08. The highest BCUT2D eigenvalue weighted by Gasteiger charge is 2.10. The van der Waals surface area contributed by atoms with Crippen molar-refractivity contribution in [3.8, 4) is 0 Å². The fraction of sp³-hybridized carbons (Fsp3) is 0.429. The molecule has 0 saturated heterocycles. The van der Waals surface area contributed by atoms with Gasteiger partial charge < -0.3 is 0 Å². The fourth-order valence-electron chi connectivity index (χ4n) is 0.936. The van der Waals surface area contributed by atoms with Crippen molar-refractivity contribution in [3.63, 3.8) is 0 Å². The van der Waals surface area contributed by atoms with Gasteiger partial charge in [-0.3, -0.25) is 0 Å². The van der Waals surface area contributed by atoms with Crippen LogP contribution in [0, 0.1) is 13.8 Å². The monoisotopic (exact) mass is 220 g/mol. The molecule has 0 aliphatic carbocycles. The molecular formula is C7H9ClN2O2S. The molecule has 1 aromatic heterocycles. The summed E-state index contributed by atoms with van der Waals surface area (Å²) < 4.78 is 21.5. The minimum atomic E-state index is -3.52. The summed E-state index contributed by atoms with van der Waals surface area (Å²) in [6.45, 7) is 3.47. The lowest BCUT2D eigenvalue weighted by atomic mass is 10.3. The van der Waals surface area contributed by atoms with E-state index in [9.17, 15) is 8.42 Å². The van der Waals surface area contributed by atoms with Crippen molar-refractivity contribution in [2.45, 2.75) is 19.6 Å². The lowest BCUT2D eigenvalue weighted by molar-refractivity contribution is 0.608. The van der Waals surface area contributed by atoms with Crippen molar-refractivity contribution in [1.29, 1.82) is 0 Å². The summed E-state index contributed by atoms with van der Waals surface area (Å²) in [4.78, 5) is 7.91. The molecule has 0 N–H and O–H groups in total. The summed E-state index contributed by atoms with van der Waals surface area (Å²) in [5.74, 6) is 0.397. The first kappa shape index (κ1) is 10.4. The van der Waals surface area contributed by atoms with E-state index in [-0.39, 0.29) is 5.75 Å². The van der Waals surface area contributed by atoms with Gasteiger partial charge in [-0.25, -0.2) is 18.4 Å². The second kappa shape index (κ2) is 3.59. The van der Waals surface area contributed by atoms with Gasteiger partial charge in [0.25, 0.3) is 0 Å². The molecule has 1 rings (SSSR count). The Balaban J connectivity index is 3.04. The SMILES string of the molecule is Cc1ncc(CS(=O)(=O)Cl)c(C)n1. The zero-order valence-electron chi connectivity index (χ0n) is 7.28. The molecule has 0 aliphatic heterocycles. The van der Waals surface area contributed by atoms with Gasteiger partial charge in [0.15, 0.2) is 0 Å². The van der Waals surface area contributed by atoms with Crippen LogP contribution in [0.2, 0.25) is 0 Å². The Morgan fingerprint density at radius 1 is 1.46 bits per heavy atom. The van der Waals surface area contributed by atoms with E-state index in [4.69, 9.17) is 10.7 Å². The number of nitrogens with zero attached hydrogens (tertiary/aromatic N) is 2. The molecule has 0 saturated carbocycles. The van der Waals surface area contributed by atoms with E-state index in [1.165, 1.54) is 6.20 Å². The zero-order chi connectivity index (χ0) is 10.1. The highest BCUT2D eigenvalue weighted by atomic mass is 35.7. The van der Waals surface area contributed by atoms with Crippen LogP contribution in [0.25, 0.3) is 0 Å². The quantitative estimate of drug-likeness (QED) is 0.702. The first-order valence-electron chi connectivity index (χ1n) is 3.60. The van der Waals surface area contributed by atoms with Crippen LogP contribution >= 0.6 is 10.7 Å². The summed E-state index contributed by atoms with van der Waals surface area (Å²) in [5.41, 5.74) is 1.19. The fourth-order valence-corrected chi connectivity index (χ4v) is 1.94. The number of hydrogen-bond donors (Lipinski definition) is 0. The van der Waals surface area contributed by atoms with Gasteiger partial charge in [-0.2, -0.15) is 0 Å². The van der Waals surface area contributed by atoms with Crippen LogP contribution in [0.4, 0.5) is 0 Å². The normalized spacial score (nSPS) is 11.6.